The number of rotatable bonds is 2. The number of halogens is 1. The Kier molecular flexibility index (Phi) is 3.63. The van der Waals surface area contributed by atoms with Crippen LogP contribution in [-0.2, 0) is 0 Å². The van der Waals surface area contributed by atoms with E-state index in [4.69, 9.17) is 0 Å². The average molecular weight is 336 g/mol. The van der Waals surface area contributed by atoms with Crippen LogP contribution < -0.4 is 5.32 Å². The molecule has 0 bridgehead atoms. The van der Waals surface area contributed by atoms with Crippen molar-refractivity contribution in [2.45, 2.75) is 12.5 Å². The van der Waals surface area contributed by atoms with Gasteiger partial charge in [0.05, 0.1) is 8.45 Å². The van der Waals surface area contributed by atoms with E-state index >= 15 is 0 Å². The van der Waals surface area contributed by atoms with Crippen LogP contribution in [0.2, 0.25) is 0 Å². The van der Waals surface area contributed by atoms with Crippen molar-refractivity contribution in [2.24, 2.45) is 0 Å². The van der Waals surface area contributed by atoms with Gasteiger partial charge in [0, 0.05) is 24.5 Å². The summed E-state index contributed by atoms with van der Waals surface area (Å²) < 4.78 is 1.17. The molecule has 0 aromatic carbocycles. The van der Waals surface area contributed by atoms with Crippen molar-refractivity contribution in [1.82, 2.24) is 10.2 Å². The Morgan fingerprint density at radius 1 is 1.73 bits per heavy atom. The fraction of sp³-hybridized carbons (Fsp3) is 0.500. The topological polar surface area (TPSA) is 32.3 Å². The molecule has 1 aromatic rings. The molecular weight excluding hydrogens is 323 g/mol. The van der Waals surface area contributed by atoms with Crippen molar-refractivity contribution in [3.63, 3.8) is 0 Å². The molecule has 82 valence electrons. The van der Waals surface area contributed by atoms with E-state index in [1.54, 1.807) is 11.3 Å². The van der Waals surface area contributed by atoms with Crippen molar-refractivity contribution in [3.8, 4) is 0 Å². The third-order valence-electron chi connectivity index (χ3n) is 2.70. The molecule has 3 nitrogen and oxygen atoms in total. The maximum Gasteiger partial charge on any atom is 0.254 e. The van der Waals surface area contributed by atoms with Gasteiger partial charge in [-0.25, -0.2) is 0 Å². The predicted molar refractivity (Wildman–Crippen MR) is 70.4 cm³/mol. The van der Waals surface area contributed by atoms with Gasteiger partial charge in [-0.1, -0.05) is 0 Å². The largest absolute Gasteiger partial charge is 0.337 e. The lowest BCUT2D eigenvalue weighted by molar-refractivity contribution is 0.0790. The summed E-state index contributed by atoms with van der Waals surface area (Å²) in [7, 11) is 1.95. The summed E-state index contributed by atoms with van der Waals surface area (Å²) in [6.45, 7) is 1.71. The molecule has 0 radical (unpaired) electrons. The highest BCUT2D eigenvalue weighted by Crippen LogP contribution is 2.20. The number of hydrogen-bond acceptors (Lipinski definition) is 3. The highest BCUT2D eigenvalue weighted by atomic mass is 127. The number of likely N-dealkylation sites (tertiary alicyclic amines) is 1. The molecule has 1 aliphatic heterocycles. The minimum atomic E-state index is 0.173. The van der Waals surface area contributed by atoms with E-state index in [-0.39, 0.29) is 5.91 Å². The number of likely N-dealkylation sites (N-methyl/N-ethyl adjacent to an activating group) is 1. The molecule has 0 spiro atoms. The van der Waals surface area contributed by atoms with Crippen LogP contribution in [0.4, 0.5) is 0 Å². The van der Waals surface area contributed by atoms with Gasteiger partial charge >= 0.3 is 0 Å². The van der Waals surface area contributed by atoms with Gasteiger partial charge in [-0.3, -0.25) is 4.79 Å². The van der Waals surface area contributed by atoms with Gasteiger partial charge in [0.25, 0.3) is 5.91 Å². The Balaban J connectivity index is 2.03. The van der Waals surface area contributed by atoms with Gasteiger partial charge in [0.2, 0.25) is 0 Å². The summed E-state index contributed by atoms with van der Waals surface area (Å²) in [4.78, 5) is 14.0. The lowest BCUT2D eigenvalue weighted by Crippen LogP contribution is -2.33. The number of nitrogens with one attached hydrogen (secondary N) is 1. The van der Waals surface area contributed by atoms with Crippen LogP contribution in [0.25, 0.3) is 0 Å². The maximum absolute atomic E-state index is 12.0. The molecule has 1 amide bonds. The van der Waals surface area contributed by atoms with Gasteiger partial charge in [-0.15, -0.1) is 11.3 Å². The second-order valence-electron chi connectivity index (χ2n) is 3.66. The molecule has 1 fully saturated rings. The maximum atomic E-state index is 12.0. The standard InChI is InChI=1S/C10H13IN2OS/c1-12-8-2-3-13(5-8)10(14)7-4-9(11)15-6-7/h4,6,8,12H,2-3,5H2,1H3. The Morgan fingerprint density at radius 2 is 2.53 bits per heavy atom. The first-order valence-corrected chi connectivity index (χ1v) is 6.87. The molecule has 5 heteroatoms. The Labute approximate surface area is 107 Å². The van der Waals surface area contributed by atoms with Gasteiger partial charge in [0.1, 0.15) is 0 Å². The van der Waals surface area contributed by atoms with E-state index in [1.807, 2.05) is 23.4 Å². The van der Waals surface area contributed by atoms with Crippen LogP contribution >= 0.6 is 33.9 Å². The first-order chi connectivity index (χ1) is 7.20. The van der Waals surface area contributed by atoms with Crippen LogP contribution in [0, 0.1) is 2.88 Å². The number of carbonyl (C=O) groups is 1. The summed E-state index contributed by atoms with van der Waals surface area (Å²) in [5.74, 6) is 0.173. The molecule has 0 aliphatic carbocycles. The first kappa shape index (κ1) is 11.3. The third-order valence-corrected chi connectivity index (χ3v) is 4.49. The normalized spacial score (nSPS) is 20.9. The molecule has 0 saturated carbocycles. The fourth-order valence-corrected chi connectivity index (χ4v) is 3.11. The summed E-state index contributed by atoms with van der Waals surface area (Å²) in [5.41, 5.74) is 0.834. The number of thiophene rings is 1. The molecule has 2 heterocycles. The van der Waals surface area contributed by atoms with Crippen LogP contribution in [0.15, 0.2) is 11.4 Å². The summed E-state index contributed by atoms with van der Waals surface area (Å²) in [6.07, 6.45) is 1.06. The molecule has 1 N–H and O–H groups in total. The molecule has 1 aliphatic rings. The lowest BCUT2D eigenvalue weighted by Gasteiger charge is -2.15. The molecular formula is C10H13IN2OS. The van der Waals surface area contributed by atoms with E-state index < -0.39 is 0 Å². The van der Waals surface area contributed by atoms with E-state index in [0.29, 0.717) is 6.04 Å². The van der Waals surface area contributed by atoms with Gasteiger partial charge in [-0.2, -0.15) is 0 Å². The van der Waals surface area contributed by atoms with Gasteiger partial charge < -0.3 is 10.2 Å². The van der Waals surface area contributed by atoms with Gasteiger partial charge in [-0.05, 0) is 42.1 Å². The second-order valence-corrected chi connectivity index (χ2v) is 6.47. The zero-order valence-corrected chi connectivity index (χ0v) is 11.5. The molecule has 1 saturated heterocycles. The van der Waals surface area contributed by atoms with E-state index in [0.717, 1.165) is 25.1 Å². The number of nitrogens with zero attached hydrogens (tertiary/aromatic N) is 1. The van der Waals surface area contributed by atoms with Crippen LogP contribution in [0.5, 0.6) is 0 Å². The highest BCUT2D eigenvalue weighted by Gasteiger charge is 2.26. The molecule has 1 atom stereocenters. The van der Waals surface area contributed by atoms with Crippen molar-refractivity contribution < 1.29 is 4.79 Å². The molecule has 2 rings (SSSR count). The van der Waals surface area contributed by atoms with Crippen molar-refractivity contribution in [1.29, 1.82) is 0 Å². The number of hydrogen-bond donors (Lipinski definition) is 1. The Bertz CT molecular complexity index is 366. The molecule has 15 heavy (non-hydrogen) atoms. The van der Waals surface area contributed by atoms with Crippen LogP contribution in [0.1, 0.15) is 16.8 Å². The van der Waals surface area contributed by atoms with Crippen LogP contribution in [-0.4, -0.2) is 37.0 Å². The predicted octanol–water partition coefficient (Wildman–Crippen LogP) is 1.79. The summed E-state index contributed by atoms with van der Waals surface area (Å²) in [6, 6.07) is 2.42. The van der Waals surface area contributed by atoms with Crippen LogP contribution in [0.3, 0.4) is 0 Å². The first-order valence-electron chi connectivity index (χ1n) is 4.91. The summed E-state index contributed by atoms with van der Waals surface area (Å²) >= 11 is 3.87. The Hall–Kier alpha value is -0.140. The number of amides is 1. The fourth-order valence-electron chi connectivity index (χ4n) is 1.79. The highest BCUT2D eigenvalue weighted by molar-refractivity contribution is 14.1. The van der Waals surface area contributed by atoms with E-state index in [9.17, 15) is 4.79 Å². The second kappa shape index (κ2) is 4.80. The SMILES string of the molecule is CNC1CCN(C(=O)c2csc(I)c2)C1. The summed E-state index contributed by atoms with van der Waals surface area (Å²) in [5, 5.41) is 5.15. The zero-order valence-electron chi connectivity index (χ0n) is 8.50. The van der Waals surface area contributed by atoms with E-state index in [1.165, 1.54) is 2.88 Å². The smallest absolute Gasteiger partial charge is 0.254 e. The van der Waals surface area contributed by atoms with Gasteiger partial charge in [0.15, 0.2) is 0 Å². The van der Waals surface area contributed by atoms with Crippen molar-refractivity contribution in [2.75, 3.05) is 20.1 Å². The zero-order chi connectivity index (χ0) is 10.8. The Morgan fingerprint density at radius 3 is 3.07 bits per heavy atom. The quantitative estimate of drug-likeness (QED) is 0.835. The molecule has 1 aromatic heterocycles. The van der Waals surface area contributed by atoms with E-state index in [2.05, 4.69) is 27.9 Å². The lowest BCUT2D eigenvalue weighted by atomic mass is 10.3. The monoisotopic (exact) mass is 336 g/mol. The minimum absolute atomic E-state index is 0.173. The minimum Gasteiger partial charge on any atom is -0.337 e. The van der Waals surface area contributed by atoms with Crippen molar-refractivity contribution in [3.05, 3.63) is 19.9 Å². The van der Waals surface area contributed by atoms with Crippen molar-refractivity contribution >= 4 is 39.8 Å². The third kappa shape index (κ3) is 2.51. The number of carbonyl (C=O) groups excluding carboxylic acids is 1. The molecule has 1 unspecified atom stereocenters. The average Bonchev–Trinajstić information content (AvgIpc) is 2.84.